The Kier molecular flexibility index (Phi) is 3.96. The van der Waals surface area contributed by atoms with Crippen LogP contribution in [-0.4, -0.2) is 31.0 Å². The van der Waals surface area contributed by atoms with Gasteiger partial charge in [0.15, 0.2) is 0 Å². The van der Waals surface area contributed by atoms with Crippen molar-refractivity contribution in [2.45, 2.75) is 31.4 Å². The highest BCUT2D eigenvalue weighted by atomic mass is 16.3. The molecule has 4 rings (SSSR count). The largest absolute Gasteiger partial charge is 0.393 e. The van der Waals surface area contributed by atoms with Crippen molar-refractivity contribution in [3.63, 3.8) is 0 Å². The molecule has 1 aliphatic rings. The molecule has 0 aliphatic heterocycles. The van der Waals surface area contributed by atoms with E-state index in [4.69, 9.17) is 0 Å². The van der Waals surface area contributed by atoms with Crippen LogP contribution < -0.4 is 5.32 Å². The van der Waals surface area contributed by atoms with Crippen LogP contribution in [0.2, 0.25) is 0 Å². The standard InChI is InChI=1S/C18H19N5O/c24-15-8-14(9-15)16-10-18(21-12-20-16)19-11-13-4-1-2-5-17(13)23-7-3-6-22-23/h1-7,10,12,14-15,24H,8-9,11H2,(H,19,20,21). The van der Waals surface area contributed by atoms with Gasteiger partial charge in [0.1, 0.15) is 12.1 Å². The molecular weight excluding hydrogens is 302 g/mol. The lowest BCUT2D eigenvalue weighted by Gasteiger charge is -2.30. The number of nitrogens with one attached hydrogen (secondary N) is 1. The first kappa shape index (κ1) is 14.8. The maximum atomic E-state index is 9.45. The van der Waals surface area contributed by atoms with Crippen LogP contribution >= 0.6 is 0 Å². The molecule has 2 aromatic heterocycles. The Balaban J connectivity index is 1.49. The van der Waals surface area contributed by atoms with E-state index in [0.29, 0.717) is 12.5 Å². The Morgan fingerprint density at radius 3 is 2.83 bits per heavy atom. The fourth-order valence-electron chi connectivity index (χ4n) is 3.00. The SMILES string of the molecule is OC1CC(c2cc(NCc3ccccc3-n3cccn3)ncn2)C1. The van der Waals surface area contributed by atoms with Crippen LogP contribution in [0.5, 0.6) is 0 Å². The van der Waals surface area contributed by atoms with Gasteiger partial charge >= 0.3 is 0 Å². The van der Waals surface area contributed by atoms with Crippen molar-refractivity contribution in [1.82, 2.24) is 19.7 Å². The predicted molar refractivity (Wildman–Crippen MR) is 90.9 cm³/mol. The van der Waals surface area contributed by atoms with E-state index >= 15 is 0 Å². The number of aliphatic hydroxyl groups excluding tert-OH is 1. The molecule has 2 N–H and O–H groups in total. The van der Waals surface area contributed by atoms with Crippen molar-refractivity contribution in [2.75, 3.05) is 5.32 Å². The van der Waals surface area contributed by atoms with E-state index in [9.17, 15) is 5.11 Å². The summed E-state index contributed by atoms with van der Waals surface area (Å²) >= 11 is 0. The van der Waals surface area contributed by atoms with Gasteiger partial charge in [-0.05, 0) is 30.5 Å². The third kappa shape index (κ3) is 3.00. The molecule has 1 saturated carbocycles. The number of hydrogen-bond acceptors (Lipinski definition) is 5. The highest BCUT2D eigenvalue weighted by molar-refractivity contribution is 5.44. The number of hydrogen-bond donors (Lipinski definition) is 2. The molecule has 1 fully saturated rings. The summed E-state index contributed by atoms with van der Waals surface area (Å²) in [5, 5.41) is 17.1. The molecule has 0 unspecified atom stereocenters. The summed E-state index contributed by atoms with van der Waals surface area (Å²) in [4.78, 5) is 8.63. The van der Waals surface area contributed by atoms with Gasteiger partial charge in [0.2, 0.25) is 0 Å². The average molecular weight is 321 g/mol. The minimum Gasteiger partial charge on any atom is -0.393 e. The second-order valence-electron chi connectivity index (χ2n) is 6.08. The predicted octanol–water partition coefficient (Wildman–Crippen LogP) is 2.51. The van der Waals surface area contributed by atoms with Crippen LogP contribution in [0, 0.1) is 0 Å². The Morgan fingerprint density at radius 1 is 1.17 bits per heavy atom. The van der Waals surface area contributed by atoms with E-state index in [2.05, 4.69) is 26.4 Å². The van der Waals surface area contributed by atoms with Crippen molar-refractivity contribution >= 4 is 5.82 Å². The number of para-hydroxylation sites is 1. The van der Waals surface area contributed by atoms with Crippen LogP contribution in [0.25, 0.3) is 5.69 Å². The van der Waals surface area contributed by atoms with Crippen molar-refractivity contribution in [2.24, 2.45) is 0 Å². The summed E-state index contributed by atoms with van der Waals surface area (Å²) < 4.78 is 1.86. The van der Waals surface area contributed by atoms with Crippen molar-refractivity contribution in [1.29, 1.82) is 0 Å². The minimum absolute atomic E-state index is 0.178. The Hall–Kier alpha value is -2.73. The number of benzene rings is 1. The molecular formula is C18H19N5O. The summed E-state index contributed by atoms with van der Waals surface area (Å²) in [6.45, 7) is 0.653. The van der Waals surface area contributed by atoms with Crippen molar-refractivity contribution in [3.8, 4) is 5.69 Å². The molecule has 0 bridgehead atoms. The van der Waals surface area contributed by atoms with Gasteiger partial charge in [-0.1, -0.05) is 18.2 Å². The maximum absolute atomic E-state index is 9.45. The first-order valence-electron chi connectivity index (χ1n) is 8.11. The third-order valence-corrected chi connectivity index (χ3v) is 4.42. The van der Waals surface area contributed by atoms with E-state index in [0.717, 1.165) is 35.6 Å². The smallest absolute Gasteiger partial charge is 0.129 e. The van der Waals surface area contributed by atoms with E-state index in [1.54, 1.807) is 12.5 Å². The van der Waals surface area contributed by atoms with E-state index < -0.39 is 0 Å². The normalized spacial score (nSPS) is 19.7. The van der Waals surface area contributed by atoms with Gasteiger partial charge < -0.3 is 10.4 Å². The van der Waals surface area contributed by atoms with Gasteiger partial charge in [-0.2, -0.15) is 5.10 Å². The van der Waals surface area contributed by atoms with Crippen molar-refractivity contribution < 1.29 is 5.11 Å². The highest BCUT2D eigenvalue weighted by Gasteiger charge is 2.29. The molecule has 0 spiro atoms. The topological polar surface area (TPSA) is 75.9 Å². The van der Waals surface area contributed by atoms with Gasteiger partial charge in [-0.25, -0.2) is 14.6 Å². The van der Waals surface area contributed by atoms with E-state index in [1.165, 1.54) is 0 Å². The monoisotopic (exact) mass is 321 g/mol. The summed E-state index contributed by atoms with van der Waals surface area (Å²) in [6.07, 6.45) is 6.69. The number of aliphatic hydroxyl groups is 1. The summed E-state index contributed by atoms with van der Waals surface area (Å²) in [6, 6.07) is 12.0. The Morgan fingerprint density at radius 2 is 2.04 bits per heavy atom. The average Bonchev–Trinajstić information content (AvgIpc) is 3.12. The molecule has 1 aromatic carbocycles. The Labute approximate surface area is 140 Å². The van der Waals surface area contributed by atoms with Crippen LogP contribution in [0.3, 0.4) is 0 Å². The van der Waals surface area contributed by atoms with Crippen LogP contribution in [-0.2, 0) is 6.54 Å². The first-order valence-corrected chi connectivity index (χ1v) is 8.11. The molecule has 0 amide bonds. The fourth-order valence-corrected chi connectivity index (χ4v) is 3.00. The lowest BCUT2D eigenvalue weighted by Crippen LogP contribution is -2.27. The summed E-state index contributed by atoms with van der Waals surface area (Å²) in [5.41, 5.74) is 3.19. The molecule has 0 saturated heterocycles. The lowest BCUT2D eigenvalue weighted by molar-refractivity contribution is 0.0732. The van der Waals surface area contributed by atoms with Gasteiger partial charge in [0, 0.05) is 36.6 Å². The van der Waals surface area contributed by atoms with E-state index in [1.807, 2.05) is 41.2 Å². The zero-order valence-corrected chi connectivity index (χ0v) is 13.2. The molecule has 1 aliphatic carbocycles. The third-order valence-electron chi connectivity index (χ3n) is 4.42. The summed E-state index contributed by atoms with van der Waals surface area (Å²) in [7, 11) is 0. The Bertz CT molecular complexity index is 812. The second kappa shape index (κ2) is 6.41. The molecule has 3 aromatic rings. The molecule has 122 valence electrons. The fraction of sp³-hybridized carbons (Fsp3) is 0.278. The molecule has 24 heavy (non-hydrogen) atoms. The number of anilines is 1. The number of rotatable bonds is 5. The molecule has 0 atom stereocenters. The van der Waals surface area contributed by atoms with Gasteiger partial charge in [-0.15, -0.1) is 0 Å². The van der Waals surface area contributed by atoms with E-state index in [-0.39, 0.29) is 6.10 Å². The first-order chi connectivity index (χ1) is 11.8. The summed E-state index contributed by atoms with van der Waals surface area (Å²) in [5.74, 6) is 1.15. The van der Waals surface area contributed by atoms with Crippen LogP contribution in [0.4, 0.5) is 5.82 Å². The number of aromatic nitrogens is 4. The zero-order chi connectivity index (χ0) is 16.4. The van der Waals surface area contributed by atoms with Crippen LogP contribution in [0.1, 0.15) is 30.0 Å². The quantitative estimate of drug-likeness (QED) is 0.755. The highest BCUT2D eigenvalue weighted by Crippen LogP contribution is 2.36. The molecule has 2 heterocycles. The molecule has 0 radical (unpaired) electrons. The molecule has 6 nitrogen and oxygen atoms in total. The van der Waals surface area contributed by atoms with Gasteiger partial charge in [0.05, 0.1) is 11.8 Å². The maximum Gasteiger partial charge on any atom is 0.129 e. The lowest BCUT2D eigenvalue weighted by atomic mass is 9.80. The number of nitrogens with zero attached hydrogens (tertiary/aromatic N) is 4. The molecule has 6 heteroatoms. The minimum atomic E-state index is -0.178. The van der Waals surface area contributed by atoms with Gasteiger partial charge in [-0.3, -0.25) is 0 Å². The van der Waals surface area contributed by atoms with Gasteiger partial charge in [0.25, 0.3) is 0 Å². The van der Waals surface area contributed by atoms with Crippen LogP contribution in [0.15, 0.2) is 55.1 Å². The van der Waals surface area contributed by atoms with Crippen molar-refractivity contribution in [3.05, 3.63) is 66.4 Å². The second-order valence-corrected chi connectivity index (χ2v) is 6.08. The zero-order valence-electron chi connectivity index (χ0n) is 13.2.